The Hall–Kier alpha value is -4.27. The van der Waals surface area contributed by atoms with E-state index in [0.29, 0.717) is 28.0 Å². The van der Waals surface area contributed by atoms with Gasteiger partial charge in [-0.1, -0.05) is 12.1 Å². The van der Waals surface area contributed by atoms with Gasteiger partial charge in [0, 0.05) is 11.3 Å². The second kappa shape index (κ2) is 9.07. The maximum atomic E-state index is 13.2. The molecule has 3 aromatic carbocycles. The number of carbonyl (C=O) groups is 2. The monoisotopic (exact) mass is 497 g/mol. The van der Waals surface area contributed by atoms with Crippen LogP contribution in [-0.4, -0.2) is 29.0 Å². The Morgan fingerprint density at radius 2 is 1.64 bits per heavy atom. The number of ether oxygens (including phenoxy) is 1. The van der Waals surface area contributed by atoms with E-state index in [2.05, 4.69) is 0 Å². The Labute approximate surface area is 204 Å². The number of nitrogens with zero attached hydrogens (tertiary/aromatic N) is 1. The van der Waals surface area contributed by atoms with Crippen molar-refractivity contribution in [2.45, 2.75) is 26.1 Å². The Bertz CT molecular complexity index is 1390. The summed E-state index contributed by atoms with van der Waals surface area (Å²) >= 11 is 0. The highest BCUT2D eigenvalue weighted by Gasteiger charge is 2.47. The number of hydrogen-bond acceptors (Lipinski definition) is 5. The fraction of sp³-hybridized carbons (Fsp3) is 0.185. The molecule has 0 spiro atoms. The molecule has 1 atom stereocenters. The third-order valence-electron chi connectivity index (χ3n) is 6.10. The van der Waals surface area contributed by atoms with Crippen LogP contribution in [0.25, 0.3) is 5.76 Å². The molecule has 0 saturated carbocycles. The lowest BCUT2D eigenvalue weighted by molar-refractivity contribution is -0.137. The minimum atomic E-state index is -4.58. The molecule has 0 bridgehead atoms. The van der Waals surface area contributed by atoms with Crippen LogP contribution >= 0.6 is 0 Å². The van der Waals surface area contributed by atoms with Crippen molar-refractivity contribution in [2.75, 3.05) is 12.0 Å². The highest BCUT2D eigenvalue weighted by Crippen LogP contribution is 2.44. The van der Waals surface area contributed by atoms with Crippen LogP contribution in [0, 0.1) is 13.8 Å². The normalized spacial score (nSPS) is 17.5. The number of methoxy groups -OCH3 is 1. The van der Waals surface area contributed by atoms with Gasteiger partial charge in [0.15, 0.2) is 0 Å². The summed E-state index contributed by atoms with van der Waals surface area (Å²) in [6.07, 6.45) is -4.58. The number of amides is 1. The van der Waals surface area contributed by atoms with Crippen LogP contribution in [0.5, 0.6) is 11.5 Å². The SMILES string of the molecule is COc1cc(C)c(/C(O)=C2\C(=O)C(=O)N(c3ccc(C(F)(F)F)cc3)C2c2cccc(O)c2)cc1C. The second-order valence-corrected chi connectivity index (χ2v) is 8.45. The summed E-state index contributed by atoms with van der Waals surface area (Å²) in [6.45, 7) is 3.45. The van der Waals surface area contributed by atoms with Gasteiger partial charge in [0.2, 0.25) is 0 Å². The van der Waals surface area contributed by atoms with Crippen molar-refractivity contribution in [1.29, 1.82) is 0 Å². The van der Waals surface area contributed by atoms with E-state index in [0.717, 1.165) is 29.2 Å². The third kappa shape index (κ3) is 4.28. The Morgan fingerprint density at radius 3 is 2.22 bits per heavy atom. The van der Waals surface area contributed by atoms with Gasteiger partial charge in [-0.3, -0.25) is 14.5 Å². The van der Waals surface area contributed by atoms with E-state index < -0.39 is 35.2 Å². The van der Waals surface area contributed by atoms with Crippen LogP contribution in [0.3, 0.4) is 0 Å². The van der Waals surface area contributed by atoms with E-state index >= 15 is 0 Å². The molecule has 6 nitrogen and oxygen atoms in total. The summed E-state index contributed by atoms with van der Waals surface area (Å²) in [6, 6.07) is 11.7. The van der Waals surface area contributed by atoms with Crippen LogP contribution in [-0.2, 0) is 15.8 Å². The van der Waals surface area contributed by atoms with Crippen molar-refractivity contribution in [3.05, 3.63) is 94.1 Å². The van der Waals surface area contributed by atoms with Gasteiger partial charge >= 0.3 is 6.18 Å². The maximum absolute atomic E-state index is 13.2. The van der Waals surface area contributed by atoms with E-state index in [-0.39, 0.29) is 17.0 Å². The summed E-state index contributed by atoms with van der Waals surface area (Å²) in [7, 11) is 1.50. The number of ketones is 1. The molecule has 1 saturated heterocycles. The third-order valence-corrected chi connectivity index (χ3v) is 6.10. The summed E-state index contributed by atoms with van der Waals surface area (Å²) in [4.78, 5) is 27.4. The number of benzene rings is 3. The van der Waals surface area contributed by atoms with Crippen molar-refractivity contribution < 1.29 is 37.7 Å². The minimum absolute atomic E-state index is 0.0279. The zero-order valence-corrected chi connectivity index (χ0v) is 19.6. The van der Waals surface area contributed by atoms with Crippen LogP contribution in [0.15, 0.2) is 66.2 Å². The van der Waals surface area contributed by atoms with E-state index in [4.69, 9.17) is 4.74 Å². The molecule has 1 aliphatic heterocycles. The zero-order chi connectivity index (χ0) is 26.4. The molecular formula is C27H22F3NO5. The summed E-state index contributed by atoms with van der Waals surface area (Å²) in [5.74, 6) is -2.05. The zero-order valence-electron chi connectivity index (χ0n) is 19.6. The molecule has 3 aromatic rings. The van der Waals surface area contributed by atoms with Gasteiger partial charge in [-0.25, -0.2) is 0 Å². The fourth-order valence-corrected chi connectivity index (χ4v) is 4.33. The van der Waals surface area contributed by atoms with Crippen molar-refractivity contribution in [3.63, 3.8) is 0 Å². The molecule has 9 heteroatoms. The lowest BCUT2D eigenvalue weighted by Crippen LogP contribution is -2.29. The first-order chi connectivity index (χ1) is 16.9. The average Bonchev–Trinajstić information content (AvgIpc) is 3.09. The molecular weight excluding hydrogens is 475 g/mol. The first-order valence-corrected chi connectivity index (χ1v) is 10.9. The Morgan fingerprint density at radius 1 is 0.972 bits per heavy atom. The maximum Gasteiger partial charge on any atom is 0.416 e. The number of aromatic hydroxyl groups is 1. The van der Waals surface area contributed by atoms with Gasteiger partial charge in [-0.15, -0.1) is 0 Å². The highest BCUT2D eigenvalue weighted by molar-refractivity contribution is 6.51. The lowest BCUT2D eigenvalue weighted by Gasteiger charge is -2.26. The smallest absolute Gasteiger partial charge is 0.416 e. The molecule has 0 aromatic heterocycles. The predicted octanol–water partition coefficient (Wildman–Crippen LogP) is 5.66. The molecule has 0 aliphatic carbocycles. The number of hydrogen-bond donors (Lipinski definition) is 2. The van der Waals surface area contributed by atoms with Crippen molar-refractivity contribution in [2.24, 2.45) is 0 Å². The lowest BCUT2D eigenvalue weighted by atomic mass is 9.93. The number of rotatable bonds is 4. The van der Waals surface area contributed by atoms with E-state index in [9.17, 15) is 33.0 Å². The Balaban J connectivity index is 1.94. The molecule has 4 rings (SSSR count). The molecule has 186 valence electrons. The van der Waals surface area contributed by atoms with Crippen LogP contribution in [0.2, 0.25) is 0 Å². The number of alkyl halides is 3. The highest BCUT2D eigenvalue weighted by atomic mass is 19.4. The first-order valence-electron chi connectivity index (χ1n) is 10.9. The summed E-state index contributed by atoms with van der Waals surface area (Å²) in [5.41, 5.74) is 0.697. The van der Waals surface area contributed by atoms with Gasteiger partial charge in [-0.05, 0) is 79.1 Å². The number of aliphatic hydroxyl groups is 1. The van der Waals surface area contributed by atoms with Crippen LogP contribution < -0.4 is 9.64 Å². The van der Waals surface area contributed by atoms with E-state index in [1.807, 2.05) is 0 Å². The van der Waals surface area contributed by atoms with E-state index in [1.54, 1.807) is 32.0 Å². The number of anilines is 1. The topological polar surface area (TPSA) is 87.1 Å². The summed E-state index contributed by atoms with van der Waals surface area (Å²) in [5, 5.41) is 21.4. The molecule has 1 fully saturated rings. The molecule has 1 amide bonds. The number of phenolic OH excluding ortho intramolecular Hbond substituents is 1. The first kappa shape index (κ1) is 24.8. The van der Waals surface area contributed by atoms with Crippen LogP contribution in [0.4, 0.5) is 18.9 Å². The number of halogens is 3. The number of phenols is 1. The fourth-order valence-electron chi connectivity index (χ4n) is 4.33. The largest absolute Gasteiger partial charge is 0.508 e. The molecule has 2 N–H and O–H groups in total. The standard InChI is InChI=1S/C27H22F3NO5/c1-14-12-21(36-3)15(2)11-20(14)24(33)22-23(16-5-4-6-19(32)13-16)31(26(35)25(22)34)18-9-7-17(8-10-18)27(28,29)30/h4-13,23,32-33H,1-3H3/b24-22+. The second-order valence-electron chi connectivity index (χ2n) is 8.45. The summed E-state index contributed by atoms with van der Waals surface area (Å²) < 4.78 is 44.6. The van der Waals surface area contributed by atoms with E-state index in [1.165, 1.54) is 25.3 Å². The van der Waals surface area contributed by atoms with Crippen molar-refractivity contribution >= 4 is 23.1 Å². The van der Waals surface area contributed by atoms with Gasteiger partial charge in [0.25, 0.3) is 11.7 Å². The van der Waals surface area contributed by atoms with Gasteiger partial charge in [0.05, 0.1) is 24.3 Å². The molecule has 1 aliphatic rings. The van der Waals surface area contributed by atoms with Gasteiger partial charge < -0.3 is 14.9 Å². The molecule has 1 unspecified atom stereocenters. The average molecular weight is 497 g/mol. The number of Topliss-reactive ketones (excluding diaryl/α,β-unsaturated/α-hetero) is 1. The molecule has 36 heavy (non-hydrogen) atoms. The predicted molar refractivity (Wildman–Crippen MR) is 127 cm³/mol. The van der Waals surface area contributed by atoms with Crippen molar-refractivity contribution in [1.82, 2.24) is 0 Å². The number of aliphatic hydroxyl groups excluding tert-OH is 1. The molecule has 1 heterocycles. The Kier molecular flexibility index (Phi) is 6.26. The minimum Gasteiger partial charge on any atom is -0.508 e. The quantitative estimate of drug-likeness (QED) is 0.276. The number of aryl methyl sites for hydroxylation is 2. The van der Waals surface area contributed by atoms with Crippen molar-refractivity contribution in [3.8, 4) is 11.5 Å². The van der Waals surface area contributed by atoms with Crippen LogP contribution in [0.1, 0.15) is 33.9 Å². The molecule has 0 radical (unpaired) electrons. The number of carbonyl (C=O) groups excluding carboxylic acids is 2. The van der Waals surface area contributed by atoms with Gasteiger partial charge in [0.1, 0.15) is 17.3 Å². The van der Waals surface area contributed by atoms with Gasteiger partial charge in [-0.2, -0.15) is 13.2 Å².